The van der Waals surface area contributed by atoms with Crippen LogP contribution in [0.1, 0.15) is 17.2 Å². The first-order valence-electron chi connectivity index (χ1n) is 9.07. The lowest BCUT2D eigenvalue weighted by molar-refractivity contribution is -0.113. The normalized spacial score (nSPS) is 15.9. The zero-order valence-corrected chi connectivity index (χ0v) is 17.0. The van der Waals surface area contributed by atoms with Crippen LogP contribution in [0.2, 0.25) is 10.0 Å². The summed E-state index contributed by atoms with van der Waals surface area (Å²) in [7, 11) is 0. The monoisotopic (exact) mass is 438 g/mol. The lowest BCUT2D eigenvalue weighted by Gasteiger charge is -2.30. The van der Waals surface area contributed by atoms with Crippen molar-refractivity contribution in [3.63, 3.8) is 0 Å². The van der Waals surface area contributed by atoms with Crippen molar-refractivity contribution < 1.29 is 9.59 Å². The van der Waals surface area contributed by atoms with Crippen molar-refractivity contribution >= 4 is 46.7 Å². The first-order valence-corrected chi connectivity index (χ1v) is 9.83. The fraction of sp³-hybridized carbons (Fsp3) is 0.0455. The van der Waals surface area contributed by atoms with Gasteiger partial charge in [-0.05, 0) is 35.4 Å². The minimum atomic E-state index is -0.789. The number of carbonyl (C=O) groups is 2. The van der Waals surface area contributed by atoms with Gasteiger partial charge >= 0.3 is 6.03 Å². The number of rotatable bonds is 4. The second-order valence-electron chi connectivity index (χ2n) is 6.52. The highest BCUT2D eigenvalue weighted by Crippen LogP contribution is 2.36. The molecule has 2 heterocycles. The standard InChI is InChI=1S/C22H16Cl2N4O2/c23-14-9-10-15(16(24)12-14)20-18(21(29)26-17-8-4-5-11-25-17)19(27-22(30)28-20)13-6-2-1-3-7-13/h1-12,20H,(H,25,26,29)(H2,27,28,30). The number of urea groups is 1. The average Bonchev–Trinajstić information content (AvgIpc) is 2.74. The molecule has 1 aliphatic rings. The van der Waals surface area contributed by atoms with Crippen LogP contribution < -0.4 is 16.0 Å². The van der Waals surface area contributed by atoms with Gasteiger partial charge in [-0.2, -0.15) is 0 Å². The van der Waals surface area contributed by atoms with Crippen LogP contribution in [-0.2, 0) is 4.79 Å². The second kappa shape index (κ2) is 8.57. The van der Waals surface area contributed by atoms with E-state index >= 15 is 0 Å². The number of anilines is 1. The highest BCUT2D eigenvalue weighted by atomic mass is 35.5. The summed E-state index contributed by atoms with van der Waals surface area (Å²) in [5.74, 6) is -0.0312. The van der Waals surface area contributed by atoms with Crippen LogP contribution in [0, 0.1) is 0 Å². The third-order valence-corrected chi connectivity index (χ3v) is 5.12. The molecule has 1 aromatic heterocycles. The van der Waals surface area contributed by atoms with Crippen LogP contribution in [-0.4, -0.2) is 16.9 Å². The molecule has 8 heteroatoms. The van der Waals surface area contributed by atoms with Gasteiger partial charge in [0, 0.05) is 16.2 Å². The Balaban J connectivity index is 1.87. The van der Waals surface area contributed by atoms with Crippen LogP contribution in [0.5, 0.6) is 0 Å². The molecule has 4 rings (SSSR count). The topological polar surface area (TPSA) is 83.1 Å². The molecule has 1 aliphatic heterocycles. The number of halogens is 2. The van der Waals surface area contributed by atoms with Gasteiger partial charge in [-0.15, -0.1) is 0 Å². The van der Waals surface area contributed by atoms with Gasteiger partial charge in [-0.25, -0.2) is 9.78 Å². The van der Waals surface area contributed by atoms with Gasteiger partial charge in [-0.3, -0.25) is 4.79 Å². The summed E-state index contributed by atoms with van der Waals surface area (Å²) < 4.78 is 0. The second-order valence-corrected chi connectivity index (χ2v) is 7.36. The third-order valence-electron chi connectivity index (χ3n) is 4.56. The molecule has 0 fully saturated rings. The van der Waals surface area contributed by atoms with E-state index in [0.29, 0.717) is 38.3 Å². The number of pyridine rings is 1. The number of hydrogen-bond donors (Lipinski definition) is 3. The molecule has 6 nitrogen and oxygen atoms in total. The smallest absolute Gasteiger partial charge is 0.320 e. The minimum Gasteiger partial charge on any atom is -0.327 e. The minimum absolute atomic E-state index is 0.302. The van der Waals surface area contributed by atoms with Gasteiger partial charge in [0.2, 0.25) is 0 Å². The van der Waals surface area contributed by atoms with E-state index in [4.69, 9.17) is 23.2 Å². The molecule has 3 N–H and O–H groups in total. The summed E-state index contributed by atoms with van der Waals surface area (Å²) in [4.78, 5) is 30.0. The van der Waals surface area contributed by atoms with E-state index in [1.165, 1.54) is 0 Å². The summed E-state index contributed by atoms with van der Waals surface area (Å²) in [6, 6.07) is 18.0. The van der Waals surface area contributed by atoms with E-state index in [2.05, 4.69) is 20.9 Å². The summed E-state index contributed by atoms with van der Waals surface area (Å²) >= 11 is 12.4. The number of carbonyl (C=O) groups excluding carboxylic acids is 2. The van der Waals surface area contributed by atoms with Crippen LogP contribution in [0.15, 0.2) is 78.5 Å². The zero-order valence-electron chi connectivity index (χ0n) is 15.5. The molecule has 1 atom stereocenters. The van der Waals surface area contributed by atoms with Crippen molar-refractivity contribution in [1.82, 2.24) is 15.6 Å². The Morgan fingerprint density at radius 3 is 2.47 bits per heavy atom. The third kappa shape index (κ3) is 4.15. The van der Waals surface area contributed by atoms with E-state index in [-0.39, 0.29) is 0 Å². The van der Waals surface area contributed by atoms with Crippen molar-refractivity contribution in [2.24, 2.45) is 0 Å². The molecule has 0 radical (unpaired) electrons. The van der Waals surface area contributed by atoms with Crippen LogP contribution in [0.3, 0.4) is 0 Å². The molecule has 0 saturated heterocycles. The zero-order chi connectivity index (χ0) is 21.1. The van der Waals surface area contributed by atoms with E-state index in [0.717, 1.165) is 0 Å². The van der Waals surface area contributed by atoms with Crippen LogP contribution in [0.25, 0.3) is 5.70 Å². The van der Waals surface area contributed by atoms with Crippen molar-refractivity contribution in [2.75, 3.05) is 5.32 Å². The molecule has 0 aliphatic carbocycles. The van der Waals surface area contributed by atoms with Gasteiger partial charge in [0.15, 0.2) is 0 Å². The molecule has 3 aromatic rings. The molecule has 0 saturated carbocycles. The fourth-order valence-electron chi connectivity index (χ4n) is 3.23. The largest absolute Gasteiger partial charge is 0.327 e. The molecule has 0 bridgehead atoms. The molecular formula is C22H16Cl2N4O2. The molecule has 0 spiro atoms. The van der Waals surface area contributed by atoms with Crippen molar-refractivity contribution in [2.45, 2.75) is 6.04 Å². The fourth-order valence-corrected chi connectivity index (χ4v) is 3.75. The summed E-state index contributed by atoms with van der Waals surface area (Å²) in [6.07, 6.45) is 1.58. The van der Waals surface area contributed by atoms with Crippen LogP contribution >= 0.6 is 23.2 Å². The maximum absolute atomic E-state index is 13.4. The van der Waals surface area contributed by atoms with Crippen molar-refractivity contribution in [3.8, 4) is 0 Å². The predicted octanol–water partition coefficient (Wildman–Crippen LogP) is 4.79. The molecular weight excluding hydrogens is 423 g/mol. The Morgan fingerprint density at radius 2 is 1.77 bits per heavy atom. The average molecular weight is 439 g/mol. The summed E-state index contributed by atoms with van der Waals surface area (Å²) in [6.45, 7) is 0. The first kappa shape index (κ1) is 19.9. The Kier molecular flexibility index (Phi) is 5.70. The van der Waals surface area contributed by atoms with E-state index < -0.39 is 18.0 Å². The van der Waals surface area contributed by atoms with Gasteiger partial charge in [0.25, 0.3) is 5.91 Å². The molecule has 3 amide bonds. The predicted molar refractivity (Wildman–Crippen MR) is 117 cm³/mol. The molecule has 1 unspecified atom stereocenters. The first-order chi connectivity index (χ1) is 14.5. The van der Waals surface area contributed by atoms with Gasteiger partial charge in [0.05, 0.1) is 17.3 Å². The Hall–Kier alpha value is -3.35. The summed E-state index contributed by atoms with van der Waals surface area (Å²) in [5.41, 5.74) is 1.93. The number of nitrogens with one attached hydrogen (secondary N) is 3. The maximum atomic E-state index is 13.4. The Morgan fingerprint density at radius 1 is 1.00 bits per heavy atom. The van der Waals surface area contributed by atoms with E-state index in [1.807, 2.05) is 30.3 Å². The van der Waals surface area contributed by atoms with Crippen LogP contribution in [0.4, 0.5) is 10.6 Å². The number of benzene rings is 2. The number of amides is 3. The van der Waals surface area contributed by atoms with Crippen molar-refractivity contribution in [1.29, 1.82) is 0 Å². The molecule has 150 valence electrons. The molecule has 2 aromatic carbocycles. The number of aromatic nitrogens is 1. The maximum Gasteiger partial charge on any atom is 0.320 e. The van der Waals surface area contributed by atoms with Crippen molar-refractivity contribution in [3.05, 3.63) is 99.7 Å². The van der Waals surface area contributed by atoms with E-state index in [9.17, 15) is 9.59 Å². The lowest BCUT2D eigenvalue weighted by atomic mass is 9.92. The number of nitrogens with zero attached hydrogens (tertiary/aromatic N) is 1. The Labute approximate surface area is 182 Å². The Bertz CT molecular complexity index is 1130. The molecule has 30 heavy (non-hydrogen) atoms. The quantitative estimate of drug-likeness (QED) is 0.547. The lowest BCUT2D eigenvalue weighted by Crippen LogP contribution is -2.46. The highest BCUT2D eigenvalue weighted by Gasteiger charge is 2.34. The number of hydrogen-bond acceptors (Lipinski definition) is 3. The van der Waals surface area contributed by atoms with Gasteiger partial charge in [0.1, 0.15) is 5.82 Å². The van der Waals surface area contributed by atoms with E-state index in [1.54, 1.807) is 42.6 Å². The summed E-state index contributed by atoms with van der Waals surface area (Å²) in [5, 5.41) is 9.13. The van der Waals surface area contributed by atoms with Gasteiger partial charge in [-0.1, -0.05) is 65.7 Å². The van der Waals surface area contributed by atoms with Gasteiger partial charge < -0.3 is 16.0 Å². The SMILES string of the molecule is O=C1NC(c2ccccc2)=C(C(=O)Nc2ccccn2)C(c2ccc(Cl)cc2Cl)N1. The highest BCUT2D eigenvalue weighted by molar-refractivity contribution is 6.35.